The molecule has 0 bridgehead atoms. The van der Waals surface area contributed by atoms with Gasteiger partial charge in [-0.25, -0.2) is 9.69 Å². The minimum absolute atomic E-state index is 0.260. The van der Waals surface area contributed by atoms with E-state index in [9.17, 15) is 19.2 Å². The van der Waals surface area contributed by atoms with Crippen LogP contribution >= 0.6 is 11.3 Å². The van der Waals surface area contributed by atoms with Gasteiger partial charge in [-0.2, -0.15) is 0 Å². The molecule has 8 heteroatoms. The molecule has 0 spiro atoms. The van der Waals surface area contributed by atoms with Crippen molar-refractivity contribution in [2.45, 2.75) is 32.6 Å². The molecule has 0 radical (unpaired) electrons. The Balaban J connectivity index is 1.38. The van der Waals surface area contributed by atoms with Crippen LogP contribution in [0.15, 0.2) is 48.5 Å². The molecule has 34 heavy (non-hydrogen) atoms. The summed E-state index contributed by atoms with van der Waals surface area (Å²) in [6.07, 6.45) is 3.74. The van der Waals surface area contributed by atoms with Gasteiger partial charge in [0.15, 0.2) is 0 Å². The van der Waals surface area contributed by atoms with Gasteiger partial charge in [0.2, 0.25) is 0 Å². The first-order valence-electron chi connectivity index (χ1n) is 11.2. The second kappa shape index (κ2) is 8.87. The van der Waals surface area contributed by atoms with Gasteiger partial charge in [-0.15, -0.1) is 11.3 Å². The number of rotatable bonds is 5. The Labute approximate surface area is 200 Å². The second-order valence-electron chi connectivity index (χ2n) is 8.13. The van der Waals surface area contributed by atoms with E-state index in [4.69, 9.17) is 4.74 Å². The number of hydrogen-bond donors (Lipinski definition) is 1. The van der Waals surface area contributed by atoms with Crippen LogP contribution in [0.4, 0.5) is 10.7 Å². The SMILES string of the molecule is CCOC(=O)c1c(NC(=O)c2ccc(N3C(=O)c4ccccc4C3=O)cc2)sc2c1CCCC2. The van der Waals surface area contributed by atoms with Crippen LogP contribution in [0.3, 0.4) is 0 Å². The number of imide groups is 1. The number of anilines is 2. The van der Waals surface area contributed by atoms with Gasteiger partial charge >= 0.3 is 5.97 Å². The summed E-state index contributed by atoms with van der Waals surface area (Å²) in [6.45, 7) is 2.01. The standard InChI is InChI=1S/C26H22N2O5S/c1-2-33-26(32)21-19-9-5-6-10-20(19)34-23(21)27-22(29)15-11-13-16(14-12-15)28-24(30)17-7-3-4-8-18(17)25(28)31/h3-4,7-8,11-14H,2,5-6,9-10H2,1H3,(H,27,29). The van der Waals surface area contributed by atoms with E-state index >= 15 is 0 Å². The topological polar surface area (TPSA) is 92.8 Å². The zero-order chi connectivity index (χ0) is 23.8. The van der Waals surface area contributed by atoms with Gasteiger partial charge in [-0.3, -0.25) is 14.4 Å². The highest BCUT2D eigenvalue weighted by Crippen LogP contribution is 2.39. The monoisotopic (exact) mass is 474 g/mol. The summed E-state index contributed by atoms with van der Waals surface area (Å²) in [6, 6.07) is 12.9. The summed E-state index contributed by atoms with van der Waals surface area (Å²) in [4.78, 5) is 53.3. The highest BCUT2D eigenvalue weighted by Gasteiger charge is 2.36. The molecule has 2 heterocycles. The van der Waals surface area contributed by atoms with Crippen LogP contribution in [0.25, 0.3) is 0 Å². The van der Waals surface area contributed by atoms with Gasteiger partial charge in [0.1, 0.15) is 5.00 Å². The zero-order valence-corrected chi connectivity index (χ0v) is 19.4. The predicted octanol–water partition coefficient (Wildman–Crippen LogP) is 4.86. The van der Waals surface area contributed by atoms with Crippen LogP contribution in [0, 0.1) is 0 Å². The number of fused-ring (bicyclic) bond motifs is 2. The Bertz CT molecular complexity index is 1290. The van der Waals surface area contributed by atoms with Crippen molar-refractivity contribution in [3.8, 4) is 0 Å². The molecule has 0 saturated carbocycles. The number of benzene rings is 2. The predicted molar refractivity (Wildman–Crippen MR) is 129 cm³/mol. The average Bonchev–Trinajstić information content (AvgIpc) is 3.34. The van der Waals surface area contributed by atoms with E-state index in [-0.39, 0.29) is 24.3 Å². The number of carbonyl (C=O) groups excluding carboxylic acids is 4. The minimum atomic E-state index is -0.418. The van der Waals surface area contributed by atoms with E-state index in [0.717, 1.165) is 41.0 Å². The molecule has 1 N–H and O–H groups in total. The van der Waals surface area contributed by atoms with E-state index in [1.807, 2.05) is 0 Å². The van der Waals surface area contributed by atoms with E-state index in [0.29, 0.717) is 32.9 Å². The minimum Gasteiger partial charge on any atom is -0.462 e. The number of carbonyl (C=O) groups is 4. The third kappa shape index (κ3) is 3.70. The number of ether oxygens (including phenoxy) is 1. The lowest BCUT2D eigenvalue weighted by Crippen LogP contribution is -2.29. The maximum absolute atomic E-state index is 13.0. The van der Waals surface area contributed by atoms with Gasteiger partial charge in [0, 0.05) is 10.4 Å². The maximum Gasteiger partial charge on any atom is 0.341 e. The Morgan fingerprint density at radius 3 is 2.26 bits per heavy atom. The molecule has 0 fully saturated rings. The van der Waals surface area contributed by atoms with Crippen LogP contribution < -0.4 is 10.2 Å². The molecule has 0 atom stereocenters. The maximum atomic E-state index is 13.0. The first-order valence-corrected chi connectivity index (χ1v) is 12.0. The molecule has 2 aliphatic rings. The fraction of sp³-hybridized carbons (Fsp3) is 0.231. The summed E-state index contributed by atoms with van der Waals surface area (Å²) >= 11 is 1.43. The lowest BCUT2D eigenvalue weighted by molar-refractivity contribution is 0.0526. The molecule has 0 saturated heterocycles. The number of nitrogens with one attached hydrogen (secondary N) is 1. The third-order valence-corrected chi connectivity index (χ3v) is 7.27. The van der Waals surface area contributed by atoms with Crippen molar-refractivity contribution < 1.29 is 23.9 Å². The molecule has 0 unspecified atom stereocenters. The van der Waals surface area contributed by atoms with E-state index < -0.39 is 5.97 Å². The molecule has 7 nitrogen and oxygen atoms in total. The second-order valence-corrected chi connectivity index (χ2v) is 9.23. The number of hydrogen-bond acceptors (Lipinski definition) is 6. The summed E-state index contributed by atoms with van der Waals surface area (Å²) < 4.78 is 5.25. The average molecular weight is 475 g/mol. The molecule has 5 rings (SSSR count). The summed E-state index contributed by atoms with van der Waals surface area (Å²) in [5.41, 5.74) is 2.90. The molecule has 2 aromatic carbocycles. The Hall–Kier alpha value is -3.78. The molecule has 1 aliphatic carbocycles. The van der Waals surface area contributed by atoms with E-state index in [1.54, 1.807) is 55.5 Å². The van der Waals surface area contributed by atoms with Gasteiger partial charge < -0.3 is 10.1 Å². The molecule has 1 aromatic heterocycles. The van der Waals surface area contributed by atoms with Gasteiger partial charge in [-0.05, 0) is 74.6 Å². The summed E-state index contributed by atoms with van der Waals surface area (Å²) in [5, 5.41) is 3.38. The largest absolute Gasteiger partial charge is 0.462 e. The van der Waals surface area contributed by atoms with Crippen LogP contribution in [0.1, 0.15) is 71.6 Å². The van der Waals surface area contributed by atoms with Crippen molar-refractivity contribution in [1.82, 2.24) is 0 Å². The number of amides is 3. The van der Waals surface area contributed by atoms with Crippen molar-refractivity contribution >= 4 is 45.7 Å². The first-order chi connectivity index (χ1) is 16.5. The zero-order valence-electron chi connectivity index (χ0n) is 18.6. The number of nitrogens with zero attached hydrogens (tertiary/aromatic N) is 1. The van der Waals surface area contributed by atoms with Gasteiger partial charge in [0.25, 0.3) is 17.7 Å². The Morgan fingerprint density at radius 2 is 1.62 bits per heavy atom. The molecule has 172 valence electrons. The quantitative estimate of drug-likeness (QED) is 0.421. The first kappa shape index (κ1) is 22.0. The molecule has 3 amide bonds. The molecule has 3 aromatic rings. The fourth-order valence-corrected chi connectivity index (χ4v) is 5.71. The highest BCUT2D eigenvalue weighted by atomic mass is 32.1. The van der Waals surface area contributed by atoms with Crippen molar-refractivity contribution in [3.05, 3.63) is 81.2 Å². The molecule has 1 aliphatic heterocycles. The smallest absolute Gasteiger partial charge is 0.341 e. The normalized spacial score (nSPS) is 14.6. The highest BCUT2D eigenvalue weighted by molar-refractivity contribution is 7.17. The fourth-order valence-electron chi connectivity index (χ4n) is 4.43. The number of esters is 1. The van der Waals surface area contributed by atoms with E-state index in [1.165, 1.54) is 11.3 Å². The Kier molecular flexibility index (Phi) is 5.75. The Morgan fingerprint density at radius 1 is 0.971 bits per heavy atom. The van der Waals surface area contributed by atoms with Crippen molar-refractivity contribution in [1.29, 1.82) is 0 Å². The van der Waals surface area contributed by atoms with Crippen molar-refractivity contribution in [2.75, 3.05) is 16.8 Å². The lowest BCUT2D eigenvalue weighted by Gasteiger charge is -2.14. The van der Waals surface area contributed by atoms with Crippen LogP contribution in [-0.2, 0) is 17.6 Å². The van der Waals surface area contributed by atoms with Crippen LogP contribution in [-0.4, -0.2) is 30.3 Å². The van der Waals surface area contributed by atoms with Crippen LogP contribution in [0.5, 0.6) is 0 Å². The van der Waals surface area contributed by atoms with Gasteiger partial charge in [-0.1, -0.05) is 12.1 Å². The summed E-state index contributed by atoms with van der Waals surface area (Å²) in [5.74, 6) is -1.57. The molecular formula is C26H22N2O5S. The van der Waals surface area contributed by atoms with Crippen molar-refractivity contribution in [3.63, 3.8) is 0 Å². The summed E-state index contributed by atoms with van der Waals surface area (Å²) in [7, 11) is 0. The molecular weight excluding hydrogens is 452 g/mol. The lowest BCUT2D eigenvalue weighted by atomic mass is 9.95. The number of aryl methyl sites for hydroxylation is 1. The van der Waals surface area contributed by atoms with Crippen LogP contribution in [0.2, 0.25) is 0 Å². The third-order valence-electron chi connectivity index (χ3n) is 6.06. The van der Waals surface area contributed by atoms with E-state index in [2.05, 4.69) is 5.32 Å². The number of thiophene rings is 1. The van der Waals surface area contributed by atoms with Gasteiger partial charge in [0.05, 0.1) is 29.0 Å². The van der Waals surface area contributed by atoms with Crippen molar-refractivity contribution in [2.24, 2.45) is 0 Å².